The highest BCUT2D eigenvalue weighted by Crippen LogP contribution is 2.25. The van der Waals surface area contributed by atoms with Crippen LogP contribution in [0.5, 0.6) is 5.75 Å². The normalized spacial score (nSPS) is 14.3. The Hall–Kier alpha value is -1.10. The van der Waals surface area contributed by atoms with E-state index in [0.717, 1.165) is 24.4 Å². The Morgan fingerprint density at radius 3 is 2.55 bits per heavy atom. The highest BCUT2D eigenvalue weighted by Gasteiger charge is 2.19. The summed E-state index contributed by atoms with van der Waals surface area (Å²) in [6.07, 6.45) is 0. The summed E-state index contributed by atoms with van der Waals surface area (Å²) >= 11 is 0. The minimum absolute atomic E-state index is 0.0656. The molecule has 4 nitrogen and oxygen atoms in total. The van der Waals surface area contributed by atoms with E-state index in [0.29, 0.717) is 12.6 Å². The first-order valence-electron chi connectivity index (χ1n) is 7.16. The van der Waals surface area contributed by atoms with E-state index in [1.165, 1.54) is 5.56 Å². The minimum Gasteiger partial charge on any atom is -0.496 e. The van der Waals surface area contributed by atoms with Crippen molar-refractivity contribution in [1.29, 1.82) is 0 Å². The van der Waals surface area contributed by atoms with Crippen molar-refractivity contribution in [2.75, 3.05) is 33.9 Å². The molecule has 0 saturated carbocycles. The van der Waals surface area contributed by atoms with Crippen LogP contribution >= 0.6 is 0 Å². The summed E-state index contributed by atoms with van der Waals surface area (Å²) in [5.74, 6) is 0.860. The second kappa shape index (κ2) is 8.25. The van der Waals surface area contributed by atoms with E-state index in [1.54, 1.807) is 14.2 Å². The van der Waals surface area contributed by atoms with Gasteiger partial charge in [0.2, 0.25) is 0 Å². The predicted octanol–water partition coefficient (Wildman–Crippen LogP) is 2.36. The fourth-order valence-corrected chi connectivity index (χ4v) is 2.46. The Morgan fingerprint density at radius 1 is 1.30 bits per heavy atom. The fourth-order valence-electron chi connectivity index (χ4n) is 2.46. The molecule has 114 valence electrons. The van der Waals surface area contributed by atoms with Crippen molar-refractivity contribution in [3.05, 3.63) is 29.3 Å². The van der Waals surface area contributed by atoms with Gasteiger partial charge in [0.25, 0.3) is 0 Å². The van der Waals surface area contributed by atoms with Crippen molar-refractivity contribution < 1.29 is 9.47 Å². The number of hydrogen-bond donors (Lipinski definition) is 1. The summed E-state index contributed by atoms with van der Waals surface area (Å²) < 4.78 is 10.7. The van der Waals surface area contributed by atoms with Gasteiger partial charge in [0.15, 0.2) is 0 Å². The molecule has 0 amide bonds. The van der Waals surface area contributed by atoms with Gasteiger partial charge in [-0.05, 0) is 26.5 Å². The first kappa shape index (κ1) is 17.0. The van der Waals surface area contributed by atoms with Gasteiger partial charge in [0.05, 0.1) is 13.7 Å². The van der Waals surface area contributed by atoms with Gasteiger partial charge in [0.1, 0.15) is 5.75 Å². The van der Waals surface area contributed by atoms with E-state index in [2.05, 4.69) is 31.7 Å². The molecule has 2 N–H and O–H groups in total. The van der Waals surface area contributed by atoms with Crippen LogP contribution in [0.2, 0.25) is 0 Å². The summed E-state index contributed by atoms with van der Waals surface area (Å²) in [7, 11) is 3.42. The lowest BCUT2D eigenvalue weighted by molar-refractivity contribution is 0.0984. The molecule has 0 aliphatic rings. The number of ether oxygens (including phenoxy) is 2. The molecule has 0 aliphatic heterocycles. The Bertz CT molecular complexity index is 409. The van der Waals surface area contributed by atoms with Crippen molar-refractivity contribution in [2.24, 2.45) is 5.73 Å². The van der Waals surface area contributed by atoms with Crippen LogP contribution in [0, 0.1) is 6.92 Å². The summed E-state index contributed by atoms with van der Waals surface area (Å²) in [5.41, 5.74) is 8.65. The van der Waals surface area contributed by atoms with E-state index in [-0.39, 0.29) is 6.04 Å². The fraction of sp³-hybridized carbons (Fsp3) is 0.625. The molecular weight excluding hydrogens is 252 g/mol. The molecule has 2 atom stereocenters. The highest BCUT2D eigenvalue weighted by atomic mass is 16.5. The van der Waals surface area contributed by atoms with Crippen LogP contribution in [0.4, 0.5) is 0 Å². The molecule has 4 heteroatoms. The molecule has 0 radical (unpaired) electrons. The minimum atomic E-state index is -0.0656. The van der Waals surface area contributed by atoms with Gasteiger partial charge in [-0.1, -0.05) is 24.6 Å². The molecule has 1 rings (SSSR count). The molecule has 20 heavy (non-hydrogen) atoms. The van der Waals surface area contributed by atoms with Crippen molar-refractivity contribution >= 4 is 0 Å². The number of nitrogens with two attached hydrogens (primary N) is 1. The monoisotopic (exact) mass is 280 g/mol. The van der Waals surface area contributed by atoms with E-state index in [1.807, 2.05) is 12.1 Å². The lowest BCUT2D eigenvalue weighted by atomic mass is 10.0. The lowest BCUT2D eigenvalue weighted by Crippen LogP contribution is -2.40. The topological polar surface area (TPSA) is 47.7 Å². The third-order valence-electron chi connectivity index (χ3n) is 3.65. The van der Waals surface area contributed by atoms with Crippen molar-refractivity contribution in [3.8, 4) is 5.75 Å². The Kier molecular flexibility index (Phi) is 6.99. The van der Waals surface area contributed by atoms with Crippen LogP contribution < -0.4 is 10.5 Å². The number of likely N-dealkylation sites (N-methyl/N-ethyl adjacent to an activating group) is 1. The quantitative estimate of drug-likeness (QED) is 0.794. The second-order valence-electron chi connectivity index (χ2n) is 5.24. The summed E-state index contributed by atoms with van der Waals surface area (Å²) in [6, 6.07) is 6.42. The molecule has 0 saturated heterocycles. The van der Waals surface area contributed by atoms with Crippen LogP contribution in [0.25, 0.3) is 0 Å². The van der Waals surface area contributed by atoms with Crippen LogP contribution in [0.3, 0.4) is 0 Å². The lowest BCUT2D eigenvalue weighted by Gasteiger charge is -2.30. The van der Waals surface area contributed by atoms with Gasteiger partial charge >= 0.3 is 0 Å². The molecule has 0 aliphatic carbocycles. The summed E-state index contributed by atoms with van der Waals surface area (Å²) in [4.78, 5) is 2.33. The third-order valence-corrected chi connectivity index (χ3v) is 3.65. The third kappa shape index (κ3) is 4.47. The number of aryl methyl sites for hydroxylation is 1. The van der Waals surface area contributed by atoms with Crippen LogP contribution in [0.15, 0.2) is 18.2 Å². The molecule has 0 bridgehead atoms. The number of hydrogen-bond acceptors (Lipinski definition) is 4. The standard InChI is InChI=1S/C16H28N2O2/c1-6-18(13(3)11-19-4)10-15(17)14-9-12(2)7-8-16(14)20-5/h7-9,13,15H,6,10-11,17H2,1-5H3. The molecule has 1 aromatic carbocycles. The SMILES string of the molecule is CCN(CC(N)c1cc(C)ccc1OC)C(C)COC. The summed E-state index contributed by atoms with van der Waals surface area (Å²) in [5, 5.41) is 0. The average molecular weight is 280 g/mol. The van der Waals surface area contributed by atoms with E-state index < -0.39 is 0 Å². The number of methoxy groups -OCH3 is 2. The first-order valence-corrected chi connectivity index (χ1v) is 7.16. The van der Waals surface area contributed by atoms with Gasteiger partial charge < -0.3 is 15.2 Å². The predicted molar refractivity (Wildman–Crippen MR) is 83.2 cm³/mol. The van der Waals surface area contributed by atoms with Gasteiger partial charge in [-0.15, -0.1) is 0 Å². The molecule has 1 aromatic rings. The van der Waals surface area contributed by atoms with Gasteiger partial charge in [-0.2, -0.15) is 0 Å². The van der Waals surface area contributed by atoms with E-state index in [4.69, 9.17) is 15.2 Å². The average Bonchev–Trinajstić information content (AvgIpc) is 2.44. The van der Waals surface area contributed by atoms with Crippen LogP contribution in [0.1, 0.15) is 31.0 Å². The zero-order valence-corrected chi connectivity index (χ0v) is 13.3. The molecule has 0 spiro atoms. The van der Waals surface area contributed by atoms with E-state index >= 15 is 0 Å². The van der Waals surface area contributed by atoms with Crippen LogP contribution in [-0.4, -0.2) is 44.9 Å². The smallest absolute Gasteiger partial charge is 0.123 e. The zero-order chi connectivity index (χ0) is 15.1. The zero-order valence-electron chi connectivity index (χ0n) is 13.3. The van der Waals surface area contributed by atoms with Crippen molar-refractivity contribution in [1.82, 2.24) is 4.90 Å². The van der Waals surface area contributed by atoms with Gasteiger partial charge in [0, 0.05) is 31.3 Å². The molecule has 2 unspecified atom stereocenters. The first-order chi connectivity index (χ1) is 9.53. The number of rotatable bonds is 8. The largest absolute Gasteiger partial charge is 0.496 e. The highest BCUT2D eigenvalue weighted by molar-refractivity contribution is 5.39. The maximum atomic E-state index is 6.39. The second-order valence-corrected chi connectivity index (χ2v) is 5.24. The number of benzene rings is 1. The maximum absolute atomic E-state index is 6.39. The molecule has 0 aromatic heterocycles. The van der Waals surface area contributed by atoms with Gasteiger partial charge in [-0.3, -0.25) is 4.90 Å². The Balaban J connectivity index is 2.83. The van der Waals surface area contributed by atoms with Crippen molar-refractivity contribution in [3.63, 3.8) is 0 Å². The number of nitrogens with zero attached hydrogens (tertiary/aromatic N) is 1. The van der Waals surface area contributed by atoms with Gasteiger partial charge in [-0.25, -0.2) is 0 Å². The maximum Gasteiger partial charge on any atom is 0.123 e. The Labute approximate surface area is 122 Å². The van der Waals surface area contributed by atoms with Crippen molar-refractivity contribution in [2.45, 2.75) is 32.9 Å². The molecular formula is C16H28N2O2. The molecule has 0 heterocycles. The Morgan fingerprint density at radius 2 is 2.00 bits per heavy atom. The van der Waals surface area contributed by atoms with Crippen LogP contribution in [-0.2, 0) is 4.74 Å². The van der Waals surface area contributed by atoms with E-state index in [9.17, 15) is 0 Å². The molecule has 0 fully saturated rings. The summed E-state index contributed by atoms with van der Waals surface area (Å²) in [6.45, 7) is 8.83.